The van der Waals surface area contributed by atoms with Crippen LogP contribution in [0.3, 0.4) is 0 Å². The molecule has 2 rings (SSSR count). The molecule has 0 radical (unpaired) electrons. The van der Waals surface area contributed by atoms with Crippen LogP contribution in [0, 0.1) is 0 Å². The van der Waals surface area contributed by atoms with Gasteiger partial charge in [-0.15, -0.1) is 0 Å². The molecule has 0 saturated carbocycles. The second-order valence-electron chi connectivity index (χ2n) is 7.79. The highest BCUT2D eigenvalue weighted by molar-refractivity contribution is 5.78. The Balaban J connectivity index is 2.46. The minimum absolute atomic E-state index is 0.0505. The average Bonchev–Trinajstić information content (AvgIpc) is 2.89. The Hall–Kier alpha value is -3.47. The zero-order chi connectivity index (χ0) is 26.7. The lowest BCUT2D eigenvalue weighted by atomic mass is 9.97. The van der Waals surface area contributed by atoms with Gasteiger partial charge in [-0.05, 0) is 5.56 Å². The second kappa shape index (κ2) is 14.2. The lowest BCUT2D eigenvalue weighted by Crippen LogP contribution is -2.64. The number of ether oxygens (including phenoxy) is 6. The van der Waals surface area contributed by atoms with Gasteiger partial charge in [0.2, 0.25) is 12.4 Å². The van der Waals surface area contributed by atoms with Gasteiger partial charge in [-0.25, -0.2) is 4.79 Å². The number of rotatable bonds is 11. The fraction of sp³-hybridized carbons (Fsp3) is 0.560. The summed E-state index contributed by atoms with van der Waals surface area (Å²) in [6.07, 6.45) is -8.07. The van der Waals surface area contributed by atoms with Gasteiger partial charge in [0.05, 0.1) is 0 Å². The van der Waals surface area contributed by atoms with Crippen LogP contribution in [0.1, 0.15) is 58.9 Å². The van der Waals surface area contributed by atoms with E-state index in [0.29, 0.717) is 5.56 Å². The third-order valence-electron chi connectivity index (χ3n) is 5.16. The van der Waals surface area contributed by atoms with Crippen LogP contribution in [0.5, 0.6) is 0 Å². The first kappa shape index (κ1) is 28.8. The van der Waals surface area contributed by atoms with Crippen molar-refractivity contribution in [1.29, 1.82) is 0 Å². The lowest BCUT2D eigenvalue weighted by molar-refractivity contribution is -0.296. The van der Waals surface area contributed by atoms with E-state index in [0.717, 1.165) is 0 Å². The molecule has 1 heterocycles. The summed E-state index contributed by atoms with van der Waals surface area (Å²) < 4.78 is 32.7. The van der Waals surface area contributed by atoms with E-state index < -0.39 is 60.6 Å². The standard InChI is InChI=1S/C25H32O11/c1-5-16(26)32-20-21(33-17(27)6-2)23(34-18(28)7-3)25(35-19(29)8-4)36-22(20)24(30)31-14-15-12-10-9-11-13-15/h9-13,20-23,25H,5-8,14H2,1-4H3/t20-,21-,22-,23+,25-/m0/s1. The summed E-state index contributed by atoms with van der Waals surface area (Å²) in [5.41, 5.74) is 0.682. The van der Waals surface area contributed by atoms with Crippen molar-refractivity contribution < 1.29 is 52.4 Å². The summed E-state index contributed by atoms with van der Waals surface area (Å²) in [6.45, 7) is 6.00. The molecule has 1 saturated heterocycles. The molecule has 11 heteroatoms. The number of carbonyl (C=O) groups excluding carboxylic acids is 5. The Morgan fingerprint density at radius 2 is 1.14 bits per heavy atom. The van der Waals surface area contributed by atoms with Crippen LogP contribution in [0.4, 0.5) is 0 Å². The van der Waals surface area contributed by atoms with E-state index in [1.165, 1.54) is 27.7 Å². The molecule has 0 unspecified atom stereocenters. The maximum Gasteiger partial charge on any atom is 0.339 e. The van der Waals surface area contributed by atoms with E-state index >= 15 is 0 Å². The van der Waals surface area contributed by atoms with Crippen LogP contribution in [-0.4, -0.2) is 60.6 Å². The molecular weight excluding hydrogens is 476 g/mol. The zero-order valence-electron chi connectivity index (χ0n) is 20.8. The highest BCUT2D eigenvalue weighted by Crippen LogP contribution is 2.31. The van der Waals surface area contributed by atoms with E-state index in [1.807, 2.05) is 0 Å². The molecule has 1 fully saturated rings. The fourth-order valence-electron chi connectivity index (χ4n) is 3.21. The predicted octanol–water partition coefficient (Wildman–Crippen LogP) is 2.37. The normalized spacial score (nSPS) is 23.2. The Morgan fingerprint density at radius 3 is 1.67 bits per heavy atom. The van der Waals surface area contributed by atoms with Gasteiger partial charge in [0, 0.05) is 25.7 Å². The Morgan fingerprint density at radius 1 is 0.667 bits per heavy atom. The summed E-state index contributed by atoms with van der Waals surface area (Å²) in [4.78, 5) is 61.9. The van der Waals surface area contributed by atoms with Crippen LogP contribution >= 0.6 is 0 Å². The number of hydrogen-bond acceptors (Lipinski definition) is 11. The van der Waals surface area contributed by atoms with E-state index in [-0.39, 0.29) is 32.3 Å². The van der Waals surface area contributed by atoms with Gasteiger partial charge in [0.1, 0.15) is 6.61 Å². The number of benzene rings is 1. The lowest BCUT2D eigenvalue weighted by Gasteiger charge is -2.43. The molecule has 0 N–H and O–H groups in total. The Bertz CT molecular complexity index is 914. The Kier molecular flexibility index (Phi) is 11.3. The van der Waals surface area contributed by atoms with Gasteiger partial charge >= 0.3 is 29.8 Å². The van der Waals surface area contributed by atoms with Crippen molar-refractivity contribution in [2.75, 3.05) is 0 Å². The fourth-order valence-corrected chi connectivity index (χ4v) is 3.21. The van der Waals surface area contributed by atoms with E-state index in [2.05, 4.69) is 0 Å². The van der Waals surface area contributed by atoms with E-state index in [1.54, 1.807) is 30.3 Å². The van der Waals surface area contributed by atoms with Crippen molar-refractivity contribution in [2.45, 2.75) is 90.7 Å². The van der Waals surface area contributed by atoms with Crippen LogP contribution in [0.2, 0.25) is 0 Å². The molecule has 1 aromatic carbocycles. The van der Waals surface area contributed by atoms with Crippen LogP contribution in [0.25, 0.3) is 0 Å². The molecule has 0 spiro atoms. The summed E-state index contributed by atoms with van der Waals surface area (Å²) in [6, 6.07) is 8.80. The molecule has 1 aromatic rings. The van der Waals surface area contributed by atoms with Gasteiger partial charge in [-0.2, -0.15) is 0 Å². The molecule has 1 aliphatic rings. The van der Waals surface area contributed by atoms with Crippen LogP contribution < -0.4 is 0 Å². The zero-order valence-corrected chi connectivity index (χ0v) is 20.8. The maximum absolute atomic E-state index is 13.1. The molecule has 5 atom stereocenters. The van der Waals surface area contributed by atoms with Gasteiger partial charge in [0.15, 0.2) is 18.3 Å². The highest BCUT2D eigenvalue weighted by Gasteiger charge is 2.56. The number of hydrogen-bond donors (Lipinski definition) is 0. The van der Waals surface area contributed by atoms with Crippen LogP contribution in [-0.2, 0) is 59.0 Å². The van der Waals surface area contributed by atoms with Crippen molar-refractivity contribution in [3.8, 4) is 0 Å². The van der Waals surface area contributed by atoms with Gasteiger partial charge in [-0.3, -0.25) is 19.2 Å². The minimum Gasteiger partial charge on any atom is -0.459 e. The molecular formula is C25H32O11. The first-order valence-corrected chi connectivity index (χ1v) is 11.9. The van der Waals surface area contributed by atoms with Crippen LogP contribution in [0.15, 0.2) is 30.3 Å². The molecule has 0 bridgehead atoms. The average molecular weight is 509 g/mol. The third kappa shape index (κ3) is 8.04. The van der Waals surface area contributed by atoms with Crippen molar-refractivity contribution in [1.82, 2.24) is 0 Å². The predicted molar refractivity (Wildman–Crippen MR) is 122 cm³/mol. The first-order chi connectivity index (χ1) is 17.2. The first-order valence-electron chi connectivity index (χ1n) is 11.9. The molecule has 36 heavy (non-hydrogen) atoms. The summed E-state index contributed by atoms with van der Waals surface area (Å²) in [5.74, 6) is -3.86. The minimum atomic E-state index is -1.65. The topological polar surface area (TPSA) is 141 Å². The third-order valence-corrected chi connectivity index (χ3v) is 5.16. The smallest absolute Gasteiger partial charge is 0.339 e. The largest absolute Gasteiger partial charge is 0.459 e. The van der Waals surface area contributed by atoms with Gasteiger partial charge in [0.25, 0.3) is 0 Å². The Labute approximate surface area is 209 Å². The second-order valence-corrected chi connectivity index (χ2v) is 7.79. The van der Waals surface area contributed by atoms with Gasteiger partial charge in [-0.1, -0.05) is 58.0 Å². The summed E-state index contributed by atoms with van der Waals surface area (Å²) >= 11 is 0. The molecule has 1 aliphatic heterocycles. The number of carbonyl (C=O) groups is 5. The molecule has 0 amide bonds. The highest BCUT2D eigenvalue weighted by atomic mass is 16.7. The van der Waals surface area contributed by atoms with E-state index in [4.69, 9.17) is 28.4 Å². The molecule has 11 nitrogen and oxygen atoms in total. The van der Waals surface area contributed by atoms with Crippen molar-refractivity contribution in [3.63, 3.8) is 0 Å². The maximum atomic E-state index is 13.1. The summed E-state index contributed by atoms with van der Waals surface area (Å²) in [7, 11) is 0. The number of esters is 5. The van der Waals surface area contributed by atoms with Crippen molar-refractivity contribution in [3.05, 3.63) is 35.9 Å². The van der Waals surface area contributed by atoms with Crippen molar-refractivity contribution in [2.24, 2.45) is 0 Å². The summed E-state index contributed by atoms with van der Waals surface area (Å²) in [5, 5.41) is 0. The monoisotopic (exact) mass is 508 g/mol. The molecule has 0 aliphatic carbocycles. The van der Waals surface area contributed by atoms with Crippen molar-refractivity contribution >= 4 is 29.8 Å². The molecule has 0 aromatic heterocycles. The van der Waals surface area contributed by atoms with Gasteiger partial charge < -0.3 is 28.4 Å². The quantitative estimate of drug-likeness (QED) is 0.321. The SMILES string of the molecule is CCC(=O)O[C@H]1O[C@H](C(=O)OCc2ccccc2)[C@@H](OC(=O)CC)[C@H](OC(=O)CC)[C@H]1OC(=O)CC. The van der Waals surface area contributed by atoms with E-state index in [9.17, 15) is 24.0 Å². The molecule has 198 valence electrons.